The van der Waals surface area contributed by atoms with Gasteiger partial charge in [-0.1, -0.05) is 40.2 Å². The van der Waals surface area contributed by atoms with Gasteiger partial charge in [-0.3, -0.25) is 4.79 Å². The molecule has 0 fully saturated rings. The zero-order valence-electron chi connectivity index (χ0n) is 14.4. The first-order chi connectivity index (χ1) is 11.4. The number of halogens is 1. The molecular weight excluding hydrogens is 364 g/mol. The van der Waals surface area contributed by atoms with Gasteiger partial charge in [-0.15, -0.1) is 0 Å². The second-order valence-corrected chi connectivity index (χ2v) is 8.17. The highest BCUT2D eigenvalue weighted by Gasteiger charge is 2.41. The lowest BCUT2D eigenvalue weighted by Gasteiger charge is -2.43. The van der Waals surface area contributed by atoms with E-state index in [0.717, 1.165) is 16.6 Å². The summed E-state index contributed by atoms with van der Waals surface area (Å²) in [6, 6.07) is 16.4. The molecule has 3 rings (SSSR count). The van der Waals surface area contributed by atoms with Crippen molar-refractivity contribution in [2.45, 2.75) is 38.3 Å². The number of anilines is 1. The molecule has 0 saturated carbocycles. The van der Waals surface area contributed by atoms with Gasteiger partial charge < -0.3 is 10.2 Å². The van der Waals surface area contributed by atoms with Gasteiger partial charge in [-0.2, -0.15) is 0 Å². The predicted octanol–water partition coefficient (Wildman–Crippen LogP) is 3.37. The van der Waals surface area contributed by atoms with Crippen LogP contribution in [0.4, 0.5) is 5.69 Å². The summed E-state index contributed by atoms with van der Waals surface area (Å²) in [6.07, 6.45) is 1.53. The zero-order chi connectivity index (χ0) is 17.3. The van der Waals surface area contributed by atoms with Gasteiger partial charge in [-0.05, 0) is 43.7 Å². The minimum absolute atomic E-state index is 0.0641. The molecule has 0 spiro atoms. The predicted molar refractivity (Wildman–Crippen MR) is 101 cm³/mol. The van der Waals surface area contributed by atoms with Crippen LogP contribution in [0.25, 0.3) is 0 Å². The van der Waals surface area contributed by atoms with Gasteiger partial charge in [-0.25, -0.2) is 0 Å². The number of hydrogen-bond acceptors (Lipinski definition) is 1. The standard InChI is InChI=1S/C20H23BrN2O/c1-20(2)13-14-6-4-5-7-17(14)18(23(20)3)12-19(24)22-16-10-8-15(21)9-11-16/h4-11,18H,12-13H2,1-3H3,(H,22,24)/p+1/t18-/m1/s1. The molecule has 2 N–H and O–H groups in total. The highest BCUT2D eigenvalue weighted by atomic mass is 79.9. The van der Waals surface area contributed by atoms with Crippen LogP contribution >= 0.6 is 15.9 Å². The van der Waals surface area contributed by atoms with Crippen molar-refractivity contribution >= 4 is 27.5 Å². The molecule has 0 radical (unpaired) electrons. The number of amides is 1. The lowest BCUT2D eigenvalue weighted by Crippen LogP contribution is -3.18. The molecule has 0 saturated heterocycles. The number of likely N-dealkylation sites (N-methyl/N-ethyl adjacent to an activating group) is 1. The molecule has 2 atom stereocenters. The van der Waals surface area contributed by atoms with Gasteiger partial charge in [0, 0.05) is 22.1 Å². The van der Waals surface area contributed by atoms with Gasteiger partial charge in [0.25, 0.3) is 0 Å². The Bertz CT molecular complexity index is 740. The number of carbonyl (C=O) groups excluding carboxylic acids is 1. The number of quaternary nitrogens is 1. The molecule has 24 heavy (non-hydrogen) atoms. The summed E-state index contributed by atoms with van der Waals surface area (Å²) in [4.78, 5) is 14.0. The SMILES string of the molecule is C[NH+]1[C@H](CC(=O)Nc2ccc(Br)cc2)c2ccccc2CC1(C)C. The zero-order valence-corrected chi connectivity index (χ0v) is 16.0. The van der Waals surface area contributed by atoms with E-state index in [-0.39, 0.29) is 17.5 Å². The molecule has 4 heteroatoms. The van der Waals surface area contributed by atoms with Gasteiger partial charge in [0.2, 0.25) is 5.91 Å². The van der Waals surface area contributed by atoms with Crippen molar-refractivity contribution in [2.75, 3.05) is 12.4 Å². The van der Waals surface area contributed by atoms with E-state index < -0.39 is 0 Å². The average Bonchev–Trinajstić information content (AvgIpc) is 2.54. The molecule has 1 unspecified atom stereocenters. The molecule has 0 aromatic heterocycles. The normalized spacial score (nSPS) is 21.8. The Kier molecular flexibility index (Phi) is 4.79. The van der Waals surface area contributed by atoms with Gasteiger partial charge >= 0.3 is 0 Å². The van der Waals surface area contributed by atoms with Crippen LogP contribution in [0.15, 0.2) is 53.0 Å². The first kappa shape index (κ1) is 17.2. The quantitative estimate of drug-likeness (QED) is 0.831. The Morgan fingerprint density at radius 2 is 1.88 bits per heavy atom. The molecule has 1 aliphatic heterocycles. The minimum atomic E-state index is 0.0641. The molecule has 0 bridgehead atoms. The van der Waals surface area contributed by atoms with Crippen molar-refractivity contribution in [2.24, 2.45) is 0 Å². The maximum absolute atomic E-state index is 12.6. The third-order valence-corrected chi connectivity index (χ3v) is 5.70. The smallest absolute Gasteiger partial charge is 0.230 e. The van der Waals surface area contributed by atoms with Crippen molar-refractivity contribution in [3.05, 3.63) is 64.1 Å². The summed E-state index contributed by atoms with van der Waals surface area (Å²) >= 11 is 3.41. The highest BCUT2D eigenvalue weighted by molar-refractivity contribution is 9.10. The summed E-state index contributed by atoms with van der Waals surface area (Å²) < 4.78 is 1.01. The monoisotopic (exact) mass is 387 g/mol. The van der Waals surface area contributed by atoms with Crippen LogP contribution < -0.4 is 10.2 Å². The number of carbonyl (C=O) groups is 1. The van der Waals surface area contributed by atoms with Gasteiger partial charge in [0.1, 0.15) is 6.04 Å². The number of rotatable bonds is 3. The minimum Gasteiger partial charge on any atom is -0.326 e. The van der Waals surface area contributed by atoms with E-state index in [0.29, 0.717) is 6.42 Å². The van der Waals surface area contributed by atoms with Crippen LogP contribution in [0.1, 0.15) is 37.4 Å². The third kappa shape index (κ3) is 3.55. The molecule has 2 aromatic rings. The largest absolute Gasteiger partial charge is 0.326 e. The summed E-state index contributed by atoms with van der Waals surface area (Å²) in [7, 11) is 2.20. The number of fused-ring (bicyclic) bond motifs is 1. The molecule has 1 amide bonds. The molecule has 1 aliphatic rings. The fourth-order valence-electron chi connectivity index (χ4n) is 3.55. The lowest BCUT2D eigenvalue weighted by molar-refractivity contribution is -0.962. The van der Waals surface area contributed by atoms with E-state index in [9.17, 15) is 4.79 Å². The third-order valence-electron chi connectivity index (χ3n) is 5.17. The lowest BCUT2D eigenvalue weighted by atomic mass is 9.81. The molecule has 1 heterocycles. The van der Waals surface area contributed by atoms with Crippen LogP contribution in [0.3, 0.4) is 0 Å². The van der Waals surface area contributed by atoms with Crippen LogP contribution in [0.2, 0.25) is 0 Å². The molecule has 126 valence electrons. The summed E-state index contributed by atoms with van der Waals surface area (Å²) in [6.45, 7) is 4.55. The van der Waals surface area contributed by atoms with Crippen LogP contribution in [0.5, 0.6) is 0 Å². The maximum atomic E-state index is 12.6. The van der Waals surface area contributed by atoms with E-state index in [2.05, 4.69) is 66.4 Å². The Morgan fingerprint density at radius 1 is 1.21 bits per heavy atom. The Morgan fingerprint density at radius 3 is 2.58 bits per heavy atom. The summed E-state index contributed by atoms with van der Waals surface area (Å²) in [5.41, 5.74) is 3.63. The maximum Gasteiger partial charge on any atom is 0.230 e. The molecule has 0 aliphatic carbocycles. The topological polar surface area (TPSA) is 33.5 Å². The van der Waals surface area contributed by atoms with E-state index in [1.54, 1.807) is 0 Å². The van der Waals surface area contributed by atoms with E-state index in [1.807, 2.05) is 24.3 Å². The highest BCUT2D eigenvalue weighted by Crippen LogP contribution is 2.28. The molecular formula is C20H24BrN2O+. The average molecular weight is 388 g/mol. The van der Waals surface area contributed by atoms with E-state index in [4.69, 9.17) is 0 Å². The van der Waals surface area contributed by atoms with Crippen molar-refractivity contribution in [1.29, 1.82) is 0 Å². The fourth-order valence-corrected chi connectivity index (χ4v) is 3.81. The molecule has 3 nitrogen and oxygen atoms in total. The Hall–Kier alpha value is -1.65. The van der Waals surface area contributed by atoms with Gasteiger partial charge in [0.05, 0.1) is 19.0 Å². The fraction of sp³-hybridized carbons (Fsp3) is 0.350. The van der Waals surface area contributed by atoms with Crippen molar-refractivity contribution in [1.82, 2.24) is 0 Å². The van der Waals surface area contributed by atoms with Crippen LogP contribution in [-0.2, 0) is 11.2 Å². The Balaban J connectivity index is 1.80. The van der Waals surface area contributed by atoms with Crippen molar-refractivity contribution in [3.63, 3.8) is 0 Å². The number of benzene rings is 2. The van der Waals surface area contributed by atoms with Crippen molar-refractivity contribution < 1.29 is 9.69 Å². The Labute approximate surface area is 152 Å². The molecule has 2 aromatic carbocycles. The van der Waals surface area contributed by atoms with E-state index in [1.165, 1.54) is 16.0 Å². The van der Waals surface area contributed by atoms with E-state index >= 15 is 0 Å². The summed E-state index contributed by atoms with van der Waals surface area (Å²) in [5.74, 6) is 0.0641. The first-order valence-corrected chi connectivity index (χ1v) is 9.13. The number of nitrogens with one attached hydrogen (secondary N) is 2. The van der Waals surface area contributed by atoms with Gasteiger partial charge in [0.15, 0.2) is 0 Å². The van der Waals surface area contributed by atoms with Crippen LogP contribution in [0, 0.1) is 0 Å². The second kappa shape index (κ2) is 6.69. The van der Waals surface area contributed by atoms with Crippen LogP contribution in [-0.4, -0.2) is 18.5 Å². The summed E-state index contributed by atoms with van der Waals surface area (Å²) in [5, 5.41) is 3.02. The second-order valence-electron chi connectivity index (χ2n) is 7.25. The number of hydrogen-bond donors (Lipinski definition) is 2. The van der Waals surface area contributed by atoms with Crippen molar-refractivity contribution in [3.8, 4) is 0 Å². The first-order valence-electron chi connectivity index (χ1n) is 8.34.